The van der Waals surface area contributed by atoms with Crippen molar-refractivity contribution >= 4 is 10.5 Å². The molecular formula is C10H25NOSi. The SMILES string of the molecule is CCCN(CCC)CCCCO[SiH3]. The van der Waals surface area contributed by atoms with Gasteiger partial charge in [0.2, 0.25) is 0 Å². The van der Waals surface area contributed by atoms with Crippen molar-refractivity contribution < 1.29 is 4.43 Å². The predicted molar refractivity (Wildman–Crippen MR) is 62.1 cm³/mol. The molecule has 13 heavy (non-hydrogen) atoms. The Bertz CT molecular complexity index is 94.9. The summed E-state index contributed by atoms with van der Waals surface area (Å²) in [5.74, 6) is 0. The van der Waals surface area contributed by atoms with Crippen molar-refractivity contribution in [2.45, 2.75) is 39.5 Å². The summed E-state index contributed by atoms with van der Waals surface area (Å²) in [6, 6.07) is 0. The summed E-state index contributed by atoms with van der Waals surface area (Å²) in [5.41, 5.74) is 0. The topological polar surface area (TPSA) is 12.5 Å². The van der Waals surface area contributed by atoms with Crippen LogP contribution in [0, 0.1) is 0 Å². The van der Waals surface area contributed by atoms with Gasteiger partial charge in [-0.2, -0.15) is 0 Å². The Kier molecular flexibility index (Phi) is 10.3. The third-order valence-corrected chi connectivity index (χ3v) is 2.56. The van der Waals surface area contributed by atoms with E-state index in [1.54, 1.807) is 0 Å². The van der Waals surface area contributed by atoms with Gasteiger partial charge in [-0.1, -0.05) is 13.8 Å². The van der Waals surface area contributed by atoms with E-state index >= 15 is 0 Å². The van der Waals surface area contributed by atoms with Crippen LogP contribution in [0.5, 0.6) is 0 Å². The molecule has 0 saturated heterocycles. The summed E-state index contributed by atoms with van der Waals surface area (Å²) in [5, 5.41) is 0. The molecule has 80 valence electrons. The van der Waals surface area contributed by atoms with E-state index in [1.807, 2.05) is 0 Å². The second-order valence-corrected chi connectivity index (χ2v) is 4.12. The lowest BCUT2D eigenvalue weighted by Gasteiger charge is -2.20. The largest absolute Gasteiger partial charge is 0.428 e. The molecule has 0 aromatic heterocycles. The number of hydrogen-bond donors (Lipinski definition) is 0. The van der Waals surface area contributed by atoms with Crippen molar-refractivity contribution in [3.63, 3.8) is 0 Å². The normalized spacial score (nSPS) is 11.3. The lowest BCUT2D eigenvalue weighted by molar-refractivity contribution is 0.255. The van der Waals surface area contributed by atoms with Crippen LogP contribution in [0.3, 0.4) is 0 Å². The van der Waals surface area contributed by atoms with Crippen molar-refractivity contribution in [3.8, 4) is 0 Å². The van der Waals surface area contributed by atoms with Gasteiger partial charge in [-0.25, -0.2) is 0 Å². The van der Waals surface area contributed by atoms with Crippen LogP contribution < -0.4 is 0 Å². The van der Waals surface area contributed by atoms with Crippen LogP contribution in [-0.4, -0.2) is 41.6 Å². The maximum atomic E-state index is 5.16. The lowest BCUT2D eigenvalue weighted by atomic mass is 10.2. The number of hydrogen-bond acceptors (Lipinski definition) is 2. The molecule has 0 aromatic rings. The van der Waals surface area contributed by atoms with Gasteiger partial charge in [-0.15, -0.1) is 0 Å². The molecule has 0 saturated carbocycles. The smallest absolute Gasteiger partial charge is 0.145 e. The first-order valence-corrected chi connectivity index (χ1v) is 6.38. The molecule has 0 N–H and O–H groups in total. The Morgan fingerprint density at radius 1 is 1.00 bits per heavy atom. The minimum absolute atomic E-state index is 0.892. The van der Waals surface area contributed by atoms with Crippen LogP contribution in [0.25, 0.3) is 0 Å². The summed E-state index contributed by atoms with van der Waals surface area (Å²) in [6.07, 6.45) is 5.07. The molecule has 0 atom stereocenters. The summed E-state index contributed by atoms with van der Waals surface area (Å²) in [6.45, 7) is 9.25. The fourth-order valence-corrected chi connectivity index (χ4v) is 1.84. The molecule has 0 fully saturated rings. The zero-order chi connectivity index (χ0) is 9.94. The summed E-state index contributed by atoms with van der Waals surface area (Å²) in [7, 11) is 0.892. The molecule has 0 spiro atoms. The Morgan fingerprint density at radius 2 is 1.62 bits per heavy atom. The van der Waals surface area contributed by atoms with Crippen LogP contribution in [0.4, 0.5) is 0 Å². The van der Waals surface area contributed by atoms with E-state index < -0.39 is 0 Å². The second-order valence-electron chi connectivity index (χ2n) is 3.54. The molecule has 0 amide bonds. The summed E-state index contributed by atoms with van der Waals surface area (Å²) < 4.78 is 5.16. The highest BCUT2D eigenvalue weighted by Crippen LogP contribution is 1.98. The Morgan fingerprint density at radius 3 is 2.08 bits per heavy atom. The first-order chi connectivity index (χ1) is 6.35. The van der Waals surface area contributed by atoms with Crippen molar-refractivity contribution in [1.29, 1.82) is 0 Å². The first kappa shape index (κ1) is 13.1. The second kappa shape index (κ2) is 10.2. The average Bonchev–Trinajstić information content (AvgIpc) is 2.13. The molecular weight excluding hydrogens is 178 g/mol. The zero-order valence-corrected chi connectivity index (χ0v) is 11.5. The standard InChI is InChI=1S/C10H25NOSi/c1-3-7-11(8-4-2)9-5-6-10-12-13/h3-10H2,1-2,13H3. The van der Waals surface area contributed by atoms with Gasteiger partial charge >= 0.3 is 0 Å². The molecule has 0 aliphatic carbocycles. The predicted octanol–water partition coefficient (Wildman–Crippen LogP) is 1.19. The van der Waals surface area contributed by atoms with Crippen LogP contribution in [0.15, 0.2) is 0 Å². The number of nitrogens with zero attached hydrogens (tertiary/aromatic N) is 1. The Balaban J connectivity index is 3.33. The van der Waals surface area contributed by atoms with E-state index in [0.717, 1.165) is 17.1 Å². The van der Waals surface area contributed by atoms with E-state index in [0.29, 0.717) is 0 Å². The third-order valence-electron chi connectivity index (χ3n) is 2.15. The quantitative estimate of drug-likeness (QED) is 0.412. The maximum absolute atomic E-state index is 5.16. The maximum Gasteiger partial charge on any atom is 0.145 e. The fourth-order valence-electron chi connectivity index (χ4n) is 1.55. The molecule has 0 radical (unpaired) electrons. The molecule has 2 nitrogen and oxygen atoms in total. The van der Waals surface area contributed by atoms with Gasteiger partial charge in [0.15, 0.2) is 0 Å². The van der Waals surface area contributed by atoms with E-state index in [4.69, 9.17) is 4.43 Å². The fraction of sp³-hybridized carbons (Fsp3) is 1.00. The van der Waals surface area contributed by atoms with Gasteiger partial charge < -0.3 is 9.33 Å². The highest BCUT2D eigenvalue weighted by molar-refractivity contribution is 5.97. The lowest BCUT2D eigenvalue weighted by Crippen LogP contribution is -2.26. The van der Waals surface area contributed by atoms with Gasteiger partial charge in [-0.05, 0) is 45.3 Å². The molecule has 3 heteroatoms. The summed E-state index contributed by atoms with van der Waals surface area (Å²) >= 11 is 0. The van der Waals surface area contributed by atoms with Crippen LogP contribution >= 0.6 is 0 Å². The van der Waals surface area contributed by atoms with Gasteiger partial charge in [-0.3, -0.25) is 0 Å². The minimum atomic E-state index is 0.892. The molecule has 0 aromatic carbocycles. The van der Waals surface area contributed by atoms with Crippen molar-refractivity contribution in [2.75, 3.05) is 26.2 Å². The molecule has 0 aliphatic rings. The van der Waals surface area contributed by atoms with Crippen LogP contribution in [0.2, 0.25) is 0 Å². The minimum Gasteiger partial charge on any atom is -0.428 e. The van der Waals surface area contributed by atoms with E-state index in [9.17, 15) is 0 Å². The molecule has 0 rings (SSSR count). The van der Waals surface area contributed by atoms with E-state index in [1.165, 1.54) is 45.3 Å². The molecule has 0 aliphatic heterocycles. The van der Waals surface area contributed by atoms with Crippen LogP contribution in [0.1, 0.15) is 39.5 Å². The van der Waals surface area contributed by atoms with E-state index in [2.05, 4.69) is 18.7 Å². The monoisotopic (exact) mass is 203 g/mol. The number of unbranched alkanes of at least 4 members (excludes halogenated alkanes) is 1. The average molecular weight is 203 g/mol. The molecule has 0 bridgehead atoms. The summed E-state index contributed by atoms with van der Waals surface area (Å²) in [4.78, 5) is 2.56. The first-order valence-electron chi connectivity index (χ1n) is 5.56. The third kappa shape index (κ3) is 8.47. The van der Waals surface area contributed by atoms with Gasteiger partial charge in [0.25, 0.3) is 0 Å². The highest BCUT2D eigenvalue weighted by Gasteiger charge is 2.00. The van der Waals surface area contributed by atoms with Gasteiger partial charge in [0, 0.05) is 6.61 Å². The van der Waals surface area contributed by atoms with Crippen molar-refractivity contribution in [1.82, 2.24) is 4.90 Å². The Hall–Kier alpha value is 0.137. The molecule has 0 unspecified atom stereocenters. The molecule has 0 heterocycles. The van der Waals surface area contributed by atoms with Crippen molar-refractivity contribution in [3.05, 3.63) is 0 Å². The zero-order valence-electron chi connectivity index (χ0n) is 9.51. The van der Waals surface area contributed by atoms with Gasteiger partial charge in [0.05, 0.1) is 0 Å². The van der Waals surface area contributed by atoms with Gasteiger partial charge in [0.1, 0.15) is 10.5 Å². The van der Waals surface area contributed by atoms with Crippen LogP contribution in [-0.2, 0) is 4.43 Å². The Labute approximate surface area is 86.2 Å². The van der Waals surface area contributed by atoms with Crippen molar-refractivity contribution in [2.24, 2.45) is 0 Å². The highest BCUT2D eigenvalue weighted by atomic mass is 28.2. The number of rotatable bonds is 9. The van der Waals surface area contributed by atoms with E-state index in [-0.39, 0.29) is 0 Å².